The maximum atomic E-state index is 10.6. The van der Waals surface area contributed by atoms with Gasteiger partial charge in [-0.15, -0.1) is 0 Å². The number of rotatable bonds is 8. The van der Waals surface area contributed by atoms with E-state index < -0.39 is 5.97 Å². The third-order valence-electron chi connectivity index (χ3n) is 7.62. The van der Waals surface area contributed by atoms with Crippen molar-refractivity contribution >= 4 is 5.97 Å². The van der Waals surface area contributed by atoms with Gasteiger partial charge >= 0.3 is 5.97 Å². The Morgan fingerprint density at radius 1 is 1.21 bits per heavy atom. The van der Waals surface area contributed by atoms with Crippen LogP contribution < -0.4 is 0 Å². The van der Waals surface area contributed by atoms with E-state index in [9.17, 15) is 15.0 Å². The van der Waals surface area contributed by atoms with Crippen molar-refractivity contribution in [3.63, 3.8) is 0 Å². The number of carboxylic acid groups (broad SMARTS) is 1. The molecular formula is C24H38O4. The Morgan fingerprint density at radius 3 is 2.64 bits per heavy atom. The van der Waals surface area contributed by atoms with E-state index in [1.54, 1.807) is 0 Å². The van der Waals surface area contributed by atoms with Gasteiger partial charge in [0.25, 0.3) is 0 Å². The van der Waals surface area contributed by atoms with E-state index in [1.807, 2.05) is 6.08 Å². The van der Waals surface area contributed by atoms with Gasteiger partial charge in [0, 0.05) is 12.3 Å². The quantitative estimate of drug-likeness (QED) is 0.414. The highest BCUT2D eigenvalue weighted by Gasteiger charge is 2.45. The van der Waals surface area contributed by atoms with E-state index in [4.69, 9.17) is 5.11 Å². The lowest BCUT2D eigenvalue weighted by atomic mass is 9.78. The molecule has 3 fully saturated rings. The maximum Gasteiger partial charge on any atom is 0.303 e. The molecule has 0 heterocycles. The molecule has 158 valence electrons. The van der Waals surface area contributed by atoms with E-state index in [0.717, 1.165) is 44.4 Å². The van der Waals surface area contributed by atoms with Crippen LogP contribution in [0.15, 0.2) is 23.8 Å². The summed E-state index contributed by atoms with van der Waals surface area (Å²) in [6.07, 6.45) is 16.3. The third-order valence-corrected chi connectivity index (χ3v) is 7.62. The van der Waals surface area contributed by atoms with Gasteiger partial charge in [0.15, 0.2) is 0 Å². The molecule has 0 bridgehead atoms. The van der Waals surface area contributed by atoms with Gasteiger partial charge in [-0.05, 0) is 68.6 Å². The average molecular weight is 391 g/mol. The zero-order valence-corrected chi connectivity index (χ0v) is 17.3. The Bertz CT molecular complexity index is 573. The molecule has 5 atom stereocenters. The van der Waals surface area contributed by atoms with E-state index in [0.29, 0.717) is 24.2 Å². The van der Waals surface area contributed by atoms with E-state index >= 15 is 0 Å². The molecule has 0 aliphatic heterocycles. The van der Waals surface area contributed by atoms with Crippen molar-refractivity contribution in [2.75, 3.05) is 0 Å². The molecule has 4 nitrogen and oxygen atoms in total. The number of aliphatic carboxylic acids is 1. The Labute approximate surface area is 169 Å². The van der Waals surface area contributed by atoms with Crippen molar-refractivity contribution in [2.24, 2.45) is 29.6 Å². The molecule has 0 radical (unpaired) electrons. The first-order valence-electron chi connectivity index (χ1n) is 11.4. The normalized spacial score (nSPS) is 38.2. The first kappa shape index (κ1) is 21.6. The van der Waals surface area contributed by atoms with Crippen molar-refractivity contribution in [2.45, 2.75) is 89.8 Å². The van der Waals surface area contributed by atoms with E-state index in [1.165, 1.54) is 24.8 Å². The fraction of sp³-hybridized carbons (Fsp3) is 0.792. The number of carboxylic acids is 1. The molecule has 3 N–H and O–H groups in total. The summed E-state index contributed by atoms with van der Waals surface area (Å²) in [6, 6.07) is 0. The van der Waals surface area contributed by atoms with Gasteiger partial charge in [-0.25, -0.2) is 0 Å². The minimum Gasteiger partial charge on any atom is -0.481 e. The zero-order valence-electron chi connectivity index (χ0n) is 17.3. The van der Waals surface area contributed by atoms with Crippen molar-refractivity contribution in [3.8, 4) is 0 Å². The second-order valence-corrected chi connectivity index (χ2v) is 9.43. The smallest absolute Gasteiger partial charge is 0.303 e. The number of aliphatic hydroxyl groups is 2. The Hall–Kier alpha value is -1.13. The van der Waals surface area contributed by atoms with Crippen LogP contribution in [0.25, 0.3) is 0 Å². The van der Waals surface area contributed by atoms with Gasteiger partial charge in [-0.2, -0.15) is 0 Å². The summed E-state index contributed by atoms with van der Waals surface area (Å²) in [4.78, 5) is 10.6. The number of carbonyl (C=O) groups is 1. The van der Waals surface area contributed by atoms with Crippen molar-refractivity contribution in [3.05, 3.63) is 23.8 Å². The van der Waals surface area contributed by atoms with Gasteiger partial charge in [0.2, 0.25) is 0 Å². The molecule has 3 saturated carbocycles. The van der Waals surface area contributed by atoms with Crippen LogP contribution in [0.5, 0.6) is 0 Å². The van der Waals surface area contributed by atoms with E-state index in [2.05, 4.69) is 19.1 Å². The lowest BCUT2D eigenvalue weighted by Gasteiger charge is -2.30. The fourth-order valence-electron chi connectivity index (χ4n) is 5.84. The van der Waals surface area contributed by atoms with Gasteiger partial charge in [0.1, 0.15) is 0 Å². The highest BCUT2D eigenvalue weighted by molar-refractivity contribution is 5.66. The number of fused-ring (bicyclic) bond motifs is 1. The summed E-state index contributed by atoms with van der Waals surface area (Å²) in [6.45, 7) is 2.26. The minimum absolute atomic E-state index is 0.150. The zero-order chi connectivity index (χ0) is 20.1. The summed E-state index contributed by atoms with van der Waals surface area (Å²) < 4.78 is 0. The number of hydrogen-bond acceptors (Lipinski definition) is 3. The van der Waals surface area contributed by atoms with Crippen LogP contribution >= 0.6 is 0 Å². The van der Waals surface area contributed by atoms with Crippen molar-refractivity contribution in [1.29, 1.82) is 0 Å². The molecule has 0 aromatic carbocycles. The monoisotopic (exact) mass is 390 g/mol. The molecule has 3 aliphatic rings. The average Bonchev–Trinajstić information content (AvgIpc) is 3.19. The molecule has 0 aromatic rings. The molecule has 4 heteroatoms. The van der Waals surface area contributed by atoms with Crippen LogP contribution in [0, 0.1) is 29.6 Å². The van der Waals surface area contributed by atoms with Crippen LogP contribution in [0.3, 0.4) is 0 Å². The summed E-state index contributed by atoms with van der Waals surface area (Å²) >= 11 is 0. The van der Waals surface area contributed by atoms with Crippen LogP contribution in [0.1, 0.15) is 77.6 Å². The summed E-state index contributed by atoms with van der Waals surface area (Å²) in [5.74, 6) is 1.64. The molecule has 0 aromatic heterocycles. The topological polar surface area (TPSA) is 77.8 Å². The predicted octanol–water partition coefficient (Wildman–Crippen LogP) is 4.71. The van der Waals surface area contributed by atoms with Gasteiger partial charge in [-0.1, -0.05) is 50.0 Å². The SMILES string of the molecule is CCC1CCC([C@@H](O)/C=C/[C@@H]2[C@H]3C/C(=C/CCCC(=O)O)C[C@@H]3C[C@H]2O)CC1. The van der Waals surface area contributed by atoms with Crippen LogP contribution in [0.2, 0.25) is 0 Å². The predicted molar refractivity (Wildman–Crippen MR) is 111 cm³/mol. The maximum absolute atomic E-state index is 10.6. The largest absolute Gasteiger partial charge is 0.481 e. The summed E-state index contributed by atoms with van der Waals surface area (Å²) in [7, 11) is 0. The Kier molecular flexibility index (Phi) is 7.76. The highest BCUT2D eigenvalue weighted by Crippen LogP contribution is 2.50. The molecule has 0 amide bonds. The highest BCUT2D eigenvalue weighted by atomic mass is 16.4. The van der Waals surface area contributed by atoms with Crippen molar-refractivity contribution in [1.82, 2.24) is 0 Å². The molecule has 0 saturated heterocycles. The van der Waals surface area contributed by atoms with Gasteiger partial charge in [-0.3, -0.25) is 4.79 Å². The molecule has 28 heavy (non-hydrogen) atoms. The second kappa shape index (κ2) is 10.1. The Morgan fingerprint density at radius 2 is 1.96 bits per heavy atom. The van der Waals surface area contributed by atoms with Gasteiger partial charge < -0.3 is 15.3 Å². The van der Waals surface area contributed by atoms with Crippen LogP contribution in [0.4, 0.5) is 0 Å². The fourth-order valence-corrected chi connectivity index (χ4v) is 5.84. The third kappa shape index (κ3) is 5.48. The standard InChI is InChI=1S/C24H38O4/c1-2-16-7-9-18(10-8-16)22(25)12-11-20-21-14-17(5-3-4-6-24(27)28)13-19(21)15-23(20)26/h5,11-12,16,18-23,25-26H,2-4,6-10,13-15H2,1H3,(H,27,28)/b12-11+,17-5+/t16?,18?,19-,20-,21+,22+,23-/m1/s1. The van der Waals surface area contributed by atoms with E-state index in [-0.39, 0.29) is 24.5 Å². The molecule has 0 spiro atoms. The minimum atomic E-state index is -0.725. The van der Waals surface area contributed by atoms with Crippen molar-refractivity contribution < 1.29 is 20.1 Å². The Balaban J connectivity index is 1.50. The molecular weight excluding hydrogens is 352 g/mol. The number of hydrogen-bond donors (Lipinski definition) is 3. The van der Waals surface area contributed by atoms with Gasteiger partial charge in [0.05, 0.1) is 12.2 Å². The van der Waals surface area contributed by atoms with Crippen LogP contribution in [-0.2, 0) is 4.79 Å². The first-order valence-corrected chi connectivity index (χ1v) is 11.4. The molecule has 3 rings (SSSR count). The number of allylic oxidation sites excluding steroid dienone is 2. The lowest BCUT2D eigenvalue weighted by Crippen LogP contribution is -2.25. The number of unbranched alkanes of at least 4 members (excludes halogenated alkanes) is 1. The molecule has 0 unspecified atom stereocenters. The second-order valence-electron chi connectivity index (χ2n) is 9.43. The van der Waals surface area contributed by atoms with Crippen LogP contribution in [-0.4, -0.2) is 33.5 Å². The first-order chi connectivity index (χ1) is 13.5. The summed E-state index contributed by atoms with van der Waals surface area (Å²) in [5, 5.41) is 29.9. The summed E-state index contributed by atoms with van der Waals surface area (Å²) in [5.41, 5.74) is 1.43. The number of aliphatic hydroxyl groups excluding tert-OH is 2. The lowest BCUT2D eigenvalue weighted by molar-refractivity contribution is -0.137. The molecule has 3 aliphatic carbocycles.